The second kappa shape index (κ2) is 8.18. The molecule has 3 nitrogen and oxygen atoms in total. The lowest BCUT2D eigenvalue weighted by atomic mass is 9.99. The fourth-order valence-electron chi connectivity index (χ4n) is 2.42. The first kappa shape index (κ1) is 16.0. The SMILES string of the molecule is Cc1cccc(CCNC(=O)[C@@H]2CCCNC2)c1.Cl. The van der Waals surface area contributed by atoms with Crippen molar-refractivity contribution in [1.82, 2.24) is 10.6 Å². The zero-order valence-corrected chi connectivity index (χ0v) is 12.3. The molecule has 1 aromatic carbocycles. The summed E-state index contributed by atoms with van der Waals surface area (Å²) in [7, 11) is 0. The third-order valence-corrected chi connectivity index (χ3v) is 3.46. The van der Waals surface area contributed by atoms with Gasteiger partial charge in [-0.25, -0.2) is 0 Å². The molecule has 0 radical (unpaired) electrons. The molecule has 4 heteroatoms. The molecule has 1 aliphatic heterocycles. The van der Waals surface area contributed by atoms with Crippen molar-refractivity contribution >= 4 is 18.3 Å². The average molecular weight is 283 g/mol. The number of halogens is 1. The van der Waals surface area contributed by atoms with Crippen LogP contribution in [-0.2, 0) is 11.2 Å². The van der Waals surface area contributed by atoms with Crippen LogP contribution in [0.4, 0.5) is 0 Å². The Labute approximate surface area is 121 Å². The molecule has 2 N–H and O–H groups in total. The van der Waals surface area contributed by atoms with Gasteiger partial charge in [0.25, 0.3) is 0 Å². The van der Waals surface area contributed by atoms with Gasteiger partial charge in [0.1, 0.15) is 0 Å². The summed E-state index contributed by atoms with van der Waals surface area (Å²) in [5.74, 6) is 0.367. The van der Waals surface area contributed by atoms with E-state index in [1.54, 1.807) is 0 Å². The molecule has 0 aromatic heterocycles. The highest BCUT2D eigenvalue weighted by Crippen LogP contribution is 2.09. The Kier molecular flexibility index (Phi) is 6.89. The number of amides is 1. The molecule has 19 heavy (non-hydrogen) atoms. The number of hydrogen-bond donors (Lipinski definition) is 2. The van der Waals surface area contributed by atoms with Crippen molar-refractivity contribution in [3.63, 3.8) is 0 Å². The molecule has 1 aliphatic rings. The summed E-state index contributed by atoms with van der Waals surface area (Å²) in [5.41, 5.74) is 2.56. The van der Waals surface area contributed by atoms with Gasteiger partial charge in [0.15, 0.2) is 0 Å². The largest absolute Gasteiger partial charge is 0.355 e. The maximum Gasteiger partial charge on any atom is 0.224 e. The quantitative estimate of drug-likeness (QED) is 0.888. The van der Waals surface area contributed by atoms with Crippen molar-refractivity contribution in [3.05, 3.63) is 35.4 Å². The van der Waals surface area contributed by atoms with Crippen molar-refractivity contribution < 1.29 is 4.79 Å². The van der Waals surface area contributed by atoms with Crippen LogP contribution in [0.15, 0.2) is 24.3 Å². The maximum atomic E-state index is 11.9. The minimum Gasteiger partial charge on any atom is -0.355 e. The molecule has 1 saturated heterocycles. The highest BCUT2D eigenvalue weighted by molar-refractivity contribution is 5.85. The number of hydrogen-bond acceptors (Lipinski definition) is 2. The lowest BCUT2D eigenvalue weighted by molar-refractivity contribution is -0.125. The Morgan fingerprint density at radius 2 is 2.32 bits per heavy atom. The Morgan fingerprint density at radius 1 is 1.47 bits per heavy atom. The van der Waals surface area contributed by atoms with Crippen LogP contribution < -0.4 is 10.6 Å². The van der Waals surface area contributed by atoms with E-state index in [-0.39, 0.29) is 24.2 Å². The lowest BCUT2D eigenvalue weighted by Gasteiger charge is -2.21. The first-order valence-corrected chi connectivity index (χ1v) is 6.79. The molecular weight excluding hydrogens is 260 g/mol. The molecule has 1 aromatic rings. The predicted octanol–water partition coefficient (Wildman–Crippen LogP) is 2.08. The van der Waals surface area contributed by atoms with Crippen LogP contribution in [0.1, 0.15) is 24.0 Å². The summed E-state index contributed by atoms with van der Waals surface area (Å²) >= 11 is 0. The minimum atomic E-state index is 0. The molecule has 0 spiro atoms. The van der Waals surface area contributed by atoms with E-state index in [2.05, 4.69) is 41.8 Å². The third-order valence-electron chi connectivity index (χ3n) is 3.46. The van der Waals surface area contributed by atoms with Gasteiger partial charge in [-0.1, -0.05) is 29.8 Å². The van der Waals surface area contributed by atoms with Crippen LogP contribution in [0.3, 0.4) is 0 Å². The van der Waals surface area contributed by atoms with E-state index in [1.807, 2.05) is 0 Å². The summed E-state index contributed by atoms with van der Waals surface area (Å²) in [5, 5.41) is 6.31. The fraction of sp³-hybridized carbons (Fsp3) is 0.533. The molecule has 0 bridgehead atoms. The molecule has 1 atom stereocenters. The lowest BCUT2D eigenvalue weighted by Crippen LogP contribution is -2.41. The van der Waals surface area contributed by atoms with E-state index < -0.39 is 0 Å². The topological polar surface area (TPSA) is 41.1 Å². The van der Waals surface area contributed by atoms with E-state index in [4.69, 9.17) is 0 Å². The third kappa shape index (κ3) is 5.21. The zero-order valence-electron chi connectivity index (χ0n) is 11.4. The van der Waals surface area contributed by atoms with Gasteiger partial charge in [-0.05, 0) is 38.3 Å². The molecule has 0 saturated carbocycles. The van der Waals surface area contributed by atoms with Gasteiger partial charge in [0, 0.05) is 13.1 Å². The summed E-state index contributed by atoms with van der Waals surface area (Å²) in [6, 6.07) is 8.45. The van der Waals surface area contributed by atoms with Gasteiger partial charge in [0.2, 0.25) is 5.91 Å². The number of nitrogens with one attached hydrogen (secondary N) is 2. The standard InChI is InChI=1S/C15H22N2O.ClH/c1-12-4-2-5-13(10-12)7-9-17-15(18)14-6-3-8-16-11-14;/h2,4-5,10,14,16H,3,6-9,11H2,1H3,(H,17,18);1H/t14-;/m1./s1. The van der Waals surface area contributed by atoms with Gasteiger partial charge in [-0.2, -0.15) is 0 Å². The van der Waals surface area contributed by atoms with Crippen LogP contribution in [0.2, 0.25) is 0 Å². The monoisotopic (exact) mass is 282 g/mol. The van der Waals surface area contributed by atoms with Crippen LogP contribution in [0.25, 0.3) is 0 Å². The van der Waals surface area contributed by atoms with Gasteiger partial charge in [-0.3, -0.25) is 4.79 Å². The first-order valence-electron chi connectivity index (χ1n) is 6.79. The van der Waals surface area contributed by atoms with Crippen molar-refractivity contribution in [1.29, 1.82) is 0 Å². The van der Waals surface area contributed by atoms with Crippen LogP contribution in [-0.4, -0.2) is 25.5 Å². The Balaban J connectivity index is 0.00000180. The number of benzene rings is 1. The Hall–Kier alpha value is -1.06. The number of carbonyl (C=O) groups excluding carboxylic acids is 1. The average Bonchev–Trinajstić information content (AvgIpc) is 2.40. The maximum absolute atomic E-state index is 11.9. The van der Waals surface area contributed by atoms with Gasteiger partial charge in [0.05, 0.1) is 5.92 Å². The highest BCUT2D eigenvalue weighted by atomic mass is 35.5. The normalized spacial score (nSPS) is 18.5. The van der Waals surface area contributed by atoms with Crippen molar-refractivity contribution in [2.45, 2.75) is 26.2 Å². The number of carbonyl (C=O) groups is 1. The van der Waals surface area contributed by atoms with Gasteiger partial charge >= 0.3 is 0 Å². The van der Waals surface area contributed by atoms with E-state index in [0.29, 0.717) is 0 Å². The van der Waals surface area contributed by atoms with E-state index in [1.165, 1.54) is 11.1 Å². The molecule has 0 unspecified atom stereocenters. The molecular formula is C15H23ClN2O. The Morgan fingerprint density at radius 3 is 3.00 bits per heavy atom. The summed E-state index contributed by atoms with van der Waals surface area (Å²) < 4.78 is 0. The van der Waals surface area contributed by atoms with E-state index in [9.17, 15) is 4.79 Å². The van der Waals surface area contributed by atoms with Crippen LogP contribution in [0, 0.1) is 12.8 Å². The smallest absolute Gasteiger partial charge is 0.224 e. The first-order chi connectivity index (χ1) is 8.75. The predicted molar refractivity (Wildman–Crippen MR) is 80.7 cm³/mol. The molecule has 1 heterocycles. The van der Waals surface area contributed by atoms with Crippen molar-refractivity contribution in [3.8, 4) is 0 Å². The highest BCUT2D eigenvalue weighted by Gasteiger charge is 2.19. The molecule has 0 aliphatic carbocycles. The number of piperidine rings is 1. The molecule has 106 valence electrons. The van der Waals surface area contributed by atoms with E-state index in [0.717, 1.165) is 38.9 Å². The van der Waals surface area contributed by atoms with Crippen LogP contribution >= 0.6 is 12.4 Å². The molecule has 1 fully saturated rings. The second-order valence-corrected chi connectivity index (χ2v) is 5.07. The number of aryl methyl sites for hydroxylation is 1. The second-order valence-electron chi connectivity index (χ2n) is 5.07. The zero-order chi connectivity index (χ0) is 12.8. The number of rotatable bonds is 4. The van der Waals surface area contributed by atoms with Gasteiger partial charge in [-0.15, -0.1) is 12.4 Å². The van der Waals surface area contributed by atoms with Crippen molar-refractivity contribution in [2.75, 3.05) is 19.6 Å². The minimum absolute atomic E-state index is 0. The summed E-state index contributed by atoms with van der Waals surface area (Å²) in [6.45, 7) is 4.71. The van der Waals surface area contributed by atoms with Crippen LogP contribution in [0.5, 0.6) is 0 Å². The fourth-order valence-corrected chi connectivity index (χ4v) is 2.42. The summed E-state index contributed by atoms with van der Waals surface area (Å²) in [6.07, 6.45) is 3.03. The van der Waals surface area contributed by atoms with E-state index >= 15 is 0 Å². The molecule has 1 amide bonds. The molecule has 2 rings (SSSR count). The van der Waals surface area contributed by atoms with Crippen molar-refractivity contribution in [2.24, 2.45) is 5.92 Å². The van der Waals surface area contributed by atoms with Gasteiger partial charge < -0.3 is 10.6 Å². The Bertz CT molecular complexity index is 403. The summed E-state index contributed by atoms with van der Waals surface area (Å²) in [4.78, 5) is 11.9.